The number of carbonyl (C=O) groups is 1. The number of carbonyl (C=O) groups excluding carboxylic acids is 1. The Morgan fingerprint density at radius 2 is 1.68 bits per heavy atom. The summed E-state index contributed by atoms with van der Waals surface area (Å²) < 4.78 is 25.5. The Balaban J connectivity index is 2.02. The van der Waals surface area contributed by atoms with Crippen LogP contribution in [0.1, 0.15) is 15.9 Å². The van der Waals surface area contributed by atoms with Crippen molar-refractivity contribution < 1.29 is 13.6 Å². The molecule has 0 atom stereocenters. The zero-order valence-electron chi connectivity index (χ0n) is 9.79. The van der Waals surface area contributed by atoms with Gasteiger partial charge >= 0.3 is 0 Å². The van der Waals surface area contributed by atoms with Crippen LogP contribution in [0.15, 0.2) is 42.5 Å². The molecule has 0 saturated heterocycles. The van der Waals surface area contributed by atoms with Gasteiger partial charge in [-0.2, -0.15) is 0 Å². The molecule has 0 fully saturated rings. The minimum atomic E-state index is -0.432. The summed E-state index contributed by atoms with van der Waals surface area (Å²) in [6.45, 7) is 0.176. The highest BCUT2D eigenvalue weighted by Crippen LogP contribution is 2.17. The molecule has 1 N–H and O–H groups in total. The highest BCUT2D eigenvalue weighted by Gasteiger charge is 2.07. The average molecular weight is 282 g/mol. The lowest BCUT2D eigenvalue weighted by Crippen LogP contribution is -2.22. The molecule has 0 bridgehead atoms. The molecule has 1 amide bonds. The van der Waals surface area contributed by atoms with Crippen LogP contribution in [0.2, 0.25) is 5.02 Å². The summed E-state index contributed by atoms with van der Waals surface area (Å²) in [6.07, 6.45) is 0. The van der Waals surface area contributed by atoms with Gasteiger partial charge in [-0.15, -0.1) is 0 Å². The Morgan fingerprint density at radius 1 is 1.05 bits per heavy atom. The van der Waals surface area contributed by atoms with Crippen LogP contribution >= 0.6 is 11.6 Å². The average Bonchev–Trinajstić information content (AvgIpc) is 2.38. The summed E-state index contributed by atoms with van der Waals surface area (Å²) in [5.74, 6) is -1.18. The second-order valence-corrected chi connectivity index (χ2v) is 4.33. The predicted molar refractivity (Wildman–Crippen MR) is 69.0 cm³/mol. The van der Waals surface area contributed by atoms with E-state index in [1.54, 1.807) is 0 Å². The molecular weight excluding hydrogens is 272 g/mol. The van der Waals surface area contributed by atoms with E-state index in [2.05, 4.69) is 5.32 Å². The lowest BCUT2D eigenvalue weighted by atomic mass is 10.2. The van der Waals surface area contributed by atoms with Crippen molar-refractivity contribution in [1.29, 1.82) is 0 Å². The summed E-state index contributed by atoms with van der Waals surface area (Å²) in [4.78, 5) is 11.8. The predicted octanol–water partition coefficient (Wildman–Crippen LogP) is 3.55. The van der Waals surface area contributed by atoms with Gasteiger partial charge in [-0.25, -0.2) is 8.78 Å². The molecule has 0 heterocycles. The summed E-state index contributed by atoms with van der Waals surface area (Å²) in [5, 5.41) is 2.88. The molecule has 5 heteroatoms. The van der Waals surface area contributed by atoms with Gasteiger partial charge in [0.1, 0.15) is 11.6 Å². The standard InChI is InChI=1S/C14H10ClF2NO/c15-13-7-12(17)6-3-10(13)8-18-14(19)9-1-4-11(16)5-2-9/h1-7H,8H2,(H,18,19). The first kappa shape index (κ1) is 13.5. The van der Waals surface area contributed by atoms with Crippen molar-refractivity contribution in [3.8, 4) is 0 Å². The molecule has 2 aromatic rings. The van der Waals surface area contributed by atoms with E-state index in [0.717, 1.165) is 0 Å². The van der Waals surface area contributed by atoms with Crippen molar-refractivity contribution in [2.75, 3.05) is 0 Å². The summed E-state index contributed by atoms with van der Waals surface area (Å²) >= 11 is 5.84. The Labute approximate surface area is 114 Å². The van der Waals surface area contributed by atoms with Crippen LogP contribution in [-0.4, -0.2) is 5.91 Å². The van der Waals surface area contributed by atoms with E-state index in [1.165, 1.54) is 42.5 Å². The van der Waals surface area contributed by atoms with Crippen molar-refractivity contribution in [2.45, 2.75) is 6.54 Å². The van der Waals surface area contributed by atoms with E-state index in [9.17, 15) is 13.6 Å². The third kappa shape index (κ3) is 3.51. The van der Waals surface area contributed by atoms with Gasteiger partial charge in [0.25, 0.3) is 5.91 Å². The van der Waals surface area contributed by atoms with Crippen molar-refractivity contribution in [3.63, 3.8) is 0 Å². The van der Waals surface area contributed by atoms with Gasteiger partial charge in [0.05, 0.1) is 0 Å². The highest BCUT2D eigenvalue weighted by molar-refractivity contribution is 6.31. The molecule has 0 spiro atoms. The fraction of sp³-hybridized carbons (Fsp3) is 0.0714. The summed E-state index contributed by atoms with van der Waals surface area (Å²) in [5.41, 5.74) is 0.957. The second-order valence-electron chi connectivity index (χ2n) is 3.93. The van der Waals surface area contributed by atoms with Crippen LogP contribution in [0.4, 0.5) is 8.78 Å². The maximum absolute atomic E-state index is 12.8. The Bertz CT molecular complexity index is 599. The maximum Gasteiger partial charge on any atom is 0.251 e. The third-order valence-corrected chi connectivity index (χ3v) is 2.91. The first-order valence-electron chi connectivity index (χ1n) is 5.54. The molecule has 2 nitrogen and oxygen atoms in total. The number of hydrogen-bond acceptors (Lipinski definition) is 1. The quantitative estimate of drug-likeness (QED) is 0.916. The van der Waals surface area contributed by atoms with E-state index >= 15 is 0 Å². The molecule has 0 aromatic heterocycles. The SMILES string of the molecule is O=C(NCc1ccc(F)cc1Cl)c1ccc(F)cc1. The molecule has 2 rings (SSSR count). The summed E-state index contributed by atoms with van der Waals surface area (Å²) in [6, 6.07) is 9.14. The van der Waals surface area contributed by atoms with E-state index in [1.807, 2.05) is 0 Å². The first-order chi connectivity index (χ1) is 9.06. The number of halogens is 3. The lowest BCUT2D eigenvalue weighted by Gasteiger charge is -2.07. The second kappa shape index (κ2) is 5.80. The molecule has 0 aliphatic heterocycles. The molecule has 2 aromatic carbocycles. The van der Waals surface area contributed by atoms with Gasteiger partial charge in [0.2, 0.25) is 0 Å². The molecule has 0 aliphatic rings. The fourth-order valence-electron chi connectivity index (χ4n) is 1.54. The van der Waals surface area contributed by atoms with Gasteiger partial charge in [-0.1, -0.05) is 17.7 Å². The molecule has 0 unspecified atom stereocenters. The Hall–Kier alpha value is -1.94. The van der Waals surface area contributed by atoms with Gasteiger partial charge in [0, 0.05) is 17.1 Å². The van der Waals surface area contributed by atoms with Crippen LogP contribution in [-0.2, 0) is 6.54 Å². The van der Waals surface area contributed by atoms with Crippen LogP contribution < -0.4 is 5.32 Å². The molecule has 0 saturated carbocycles. The van der Waals surface area contributed by atoms with Crippen molar-refractivity contribution >= 4 is 17.5 Å². The zero-order valence-corrected chi connectivity index (χ0v) is 10.5. The Morgan fingerprint density at radius 3 is 2.32 bits per heavy atom. The van der Waals surface area contributed by atoms with Gasteiger partial charge < -0.3 is 5.32 Å². The first-order valence-corrected chi connectivity index (χ1v) is 5.92. The van der Waals surface area contributed by atoms with Crippen LogP contribution in [0.5, 0.6) is 0 Å². The minimum absolute atomic E-state index is 0.176. The van der Waals surface area contributed by atoms with E-state index in [4.69, 9.17) is 11.6 Å². The number of benzene rings is 2. The minimum Gasteiger partial charge on any atom is -0.348 e. The van der Waals surface area contributed by atoms with Crippen molar-refractivity contribution in [3.05, 3.63) is 70.2 Å². The zero-order chi connectivity index (χ0) is 13.8. The van der Waals surface area contributed by atoms with Crippen LogP contribution in [0.3, 0.4) is 0 Å². The largest absolute Gasteiger partial charge is 0.348 e. The topological polar surface area (TPSA) is 29.1 Å². The molecular formula is C14H10ClF2NO. The normalized spacial score (nSPS) is 10.3. The van der Waals surface area contributed by atoms with Gasteiger partial charge in [-0.3, -0.25) is 4.79 Å². The van der Waals surface area contributed by atoms with E-state index in [-0.39, 0.29) is 17.5 Å². The molecule has 0 aliphatic carbocycles. The number of rotatable bonds is 3. The monoisotopic (exact) mass is 281 g/mol. The number of nitrogens with one attached hydrogen (secondary N) is 1. The van der Waals surface area contributed by atoms with Crippen LogP contribution in [0, 0.1) is 11.6 Å². The van der Waals surface area contributed by atoms with Crippen molar-refractivity contribution in [2.24, 2.45) is 0 Å². The van der Waals surface area contributed by atoms with Gasteiger partial charge in [0.15, 0.2) is 0 Å². The number of hydrogen-bond donors (Lipinski definition) is 1. The summed E-state index contributed by atoms with van der Waals surface area (Å²) in [7, 11) is 0. The Kier molecular flexibility index (Phi) is 4.12. The lowest BCUT2D eigenvalue weighted by molar-refractivity contribution is 0.0951. The molecule has 0 radical (unpaired) electrons. The maximum atomic E-state index is 12.8. The van der Waals surface area contributed by atoms with Crippen LogP contribution in [0.25, 0.3) is 0 Å². The highest BCUT2D eigenvalue weighted by atomic mass is 35.5. The van der Waals surface area contributed by atoms with Crippen molar-refractivity contribution in [1.82, 2.24) is 5.32 Å². The number of amides is 1. The third-order valence-electron chi connectivity index (χ3n) is 2.56. The molecule has 98 valence electrons. The van der Waals surface area contributed by atoms with Gasteiger partial charge in [-0.05, 0) is 42.0 Å². The molecule has 19 heavy (non-hydrogen) atoms. The van der Waals surface area contributed by atoms with E-state index < -0.39 is 11.6 Å². The smallest absolute Gasteiger partial charge is 0.251 e. The van der Waals surface area contributed by atoms with E-state index in [0.29, 0.717) is 11.1 Å². The fourth-order valence-corrected chi connectivity index (χ4v) is 1.78.